The normalized spacial score (nSPS) is 14.9. The van der Waals surface area contributed by atoms with Gasteiger partial charge in [-0.05, 0) is 31.0 Å². The minimum Gasteiger partial charge on any atom is -0.492 e. The predicted molar refractivity (Wildman–Crippen MR) is 94.6 cm³/mol. The summed E-state index contributed by atoms with van der Waals surface area (Å²) < 4.78 is 5.39. The van der Waals surface area contributed by atoms with Gasteiger partial charge < -0.3 is 14.5 Å². The summed E-state index contributed by atoms with van der Waals surface area (Å²) in [7, 11) is 0. The molecule has 6 heteroatoms. The Morgan fingerprint density at radius 3 is 2.33 bits per heavy atom. The summed E-state index contributed by atoms with van der Waals surface area (Å²) in [6.45, 7) is 8.75. The third-order valence-electron chi connectivity index (χ3n) is 3.98. The van der Waals surface area contributed by atoms with Crippen molar-refractivity contribution in [2.75, 3.05) is 32.8 Å². The van der Waals surface area contributed by atoms with Crippen LogP contribution in [0.4, 0.5) is 0 Å². The molecule has 1 aliphatic heterocycles. The van der Waals surface area contributed by atoms with Crippen LogP contribution in [0.5, 0.6) is 5.75 Å². The van der Waals surface area contributed by atoms with Crippen LogP contribution in [0, 0.1) is 5.92 Å². The lowest BCUT2D eigenvalue weighted by molar-refractivity contribution is -0.133. The number of benzene rings is 1. The smallest absolute Gasteiger partial charge is 0.254 e. The molecule has 0 spiro atoms. The molecule has 2 amide bonds. The highest BCUT2D eigenvalue weighted by atomic mass is 35.5. The first-order valence-electron chi connectivity index (χ1n) is 8.41. The Labute approximate surface area is 148 Å². The van der Waals surface area contributed by atoms with E-state index in [4.69, 9.17) is 16.3 Å². The molecule has 0 N–H and O–H groups in total. The first-order chi connectivity index (χ1) is 11.4. The Morgan fingerprint density at radius 1 is 1.17 bits per heavy atom. The van der Waals surface area contributed by atoms with Gasteiger partial charge in [-0.25, -0.2) is 0 Å². The van der Waals surface area contributed by atoms with Crippen molar-refractivity contribution in [3.63, 3.8) is 0 Å². The van der Waals surface area contributed by atoms with Crippen LogP contribution in [0.3, 0.4) is 0 Å². The molecule has 132 valence electrons. The molecular formula is C18H25ClN2O3. The molecule has 1 aromatic rings. The Bertz CT molecular complexity index is 596. The van der Waals surface area contributed by atoms with E-state index in [1.165, 1.54) is 0 Å². The number of halogens is 1. The molecular weight excluding hydrogens is 328 g/mol. The van der Waals surface area contributed by atoms with Crippen molar-refractivity contribution in [3.8, 4) is 5.75 Å². The quantitative estimate of drug-likeness (QED) is 0.818. The van der Waals surface area contributed by atoms with Gasteiger partial charge in [0.25, 0.3) is 5.91 Å². The van der Waals surface area contributed by atoms with E-state index in [-0.39, 0.29) is 11.8 Å². The maximum absolute atomic E-state index is 12.6. The number of carbonyl (C=O) groups is 2. The van der Waals surface area contributed by atoms with Crippen molar-refractivity contribution < 1.29 is 14.3 Å². The fraction of sp³-hybridized carbons (Fsp3) is 0.556. The first-order valence-corrected chi connectivity index (χ1v) is 8.79. The number of carbonyl (C=O) groups excluding carboxylic acids is 2. The van der Waals surface area contributed by atoms with Crippen molar-refractivity contribution in [1.29, 1.82) is 0 Å². The van der Waals surface area contributed by atoms with Crippen molar-refractivity contribution in [1.82, 2.24) is 9.80 Å². The van der Waals surface area contributed by atoms with Crippen LogP contribution >= 0.6 is 11.6 Å². The number of amides is 2. The third-order valence-corrected chi connectivity index (χ3v) is 4.28. The monoisotopic (exact) mass is 352 g/mol. The van der Waals surface area contributed by atoms with Gasteiger partial charge in [-0.2, -0.15) is 0 Å². The van der Waals surface area contributed by atoms with Gasteiger partial charge in [-0.15, -0.1) is 0 Å². The molecule has 24 heavy (non-hydrogen) atoms. The summed E-state index contributed by atoms with van der Waals surface area (Å²) in [4.78, 5) is 28.3. The Kier molecular flexibility index (Phi) is 6.49. The summed E-state index contributed by atoms with van der Waals surface area (Å²) >= 11 is 6.16. The van der Waals surface area contributed by atoms with Gasteiger partial charge in [0, 0.05) is 38.2 Å². The molecule has 0 aliphatic carbocycles. The van der Waals surface area contributed by atoms with Gasteiger partial charge in [-0.1, -0.05) is 25.4 Å². The van der Waals surface area contributed by atoms with Gasteiger partial charge in [0.05, 0.1) is 11.6 Å². The Balaban J connectivity index is 1.95. The molecule has 5 nitrogen and oxygen atoms in total. The summed E-state index contributed by atoms with van der Waals surface area (Å²) in [5, 5.41) is 0.438. The predicted octanol–water partition coefficient (Wildman–Crippen LogP) is 3.07. The van der Waals surface area contributed by atoms with Crippen molar-refractivity contribution >= 4 is 23.4 Å². The van der Waals surface area contributed by atoms with E-state index in [1.807, 2.05) is 25.7 Å². The van der Waals surface area contributed by atoms with E-state index in [0.29, 0.717) is 61.5 Å². The first kappa shape index (κ1) is 18.6. The van der Waals surface area contributed by atoms with Crippen molar-refractivity contribution in [2.45, 2.75) is 27.2 Å². The minimum atomic E-state index is -0.0593. The van der Waals surface area contributed by atoms with E-state index in [9.17, 15) is 9.59 Å². The molecule has 0 atom stereocenters. The molecule has 1 saturated heterocycles. The van der Waals surface area contributed by atoms with Crippen LogP contribution in [0.15, 0.2) is 18.2 Å². The zero-order valence-electron chi connectivity index (χ0n) is 14.5. The van der Waals surface area contributed by atoms with E-state index in [0.717, 1.165) is 0 Å². The molecule has 1 aliphatic rings. The summed E-state index contributed by atoms with van der Waals surface area (Å²) in [5.74, 6) is 1.04. The van der Waals surface area contributed by atoms with Gasteiger partial charge in [0.1, 0.15) is 5.75 Å². The van der Waals surface area contributed by atoms with E-state index in [2.05, 4.69) is 0 Å². The highest BCUT2D eigenvalue weighted by molar-refractivity contribution is 6.32. The van der Waals surface area contributed by atoms with Gasteiger partial charge in [0.15, 0.2) is 0 Å². The molecule has 1 heterocycles. The number of hydrogen-bond donors (Lipinski definition) is 0. The second-order valence-corrected chi connectivity index (χ2v) is 6.76. The lowest BCUT2D eigenvalue weighted by atomic mass is 10.1. The average Bonchev–Trinajstić information content (AvgIpc) is 2.55. The van der Waals surface area contributed by atoms with E-state index < -0.39 is 0 Å². The fourth-order valence-electron chi connectivity index (χ4n) is 2.73. The number of nitrogens with zero attached hydrogens (tertiary/aromatic N) is 2. The highest BCUT2D eigenvalue weighted by Crippen LogP contribution is 2.26. The lowest BCUT2D eigenvalue weighted by Crippen LogP contribution is -2.50. The second-order valence-electron chi connectivity index (χ2n) is 6.35. The number of rotatable bonds is 5. The topological polar surface area (TPSA) is 49.9 Å². The third kappa shape index (κ3) is 4.63. The van der Waals surface area contributed by atoms with E-state index in [1.54, 1.807) is 23.1 Å². The highest BCUT2D eigenvalue weighted by Gasteiger charge is 2.25. The van der Waals surface area contributed by atoms with Crippen molar-refractivity contribution in [2.24, 2.45) is 5.92 Å². The molecule has 0 bridgehead atoms. The fourth-order valence-corrected chi connectivity index (χ4v) is 2.96. The molecule has 0 unspecified atom stereocenters. The molecule has 1 aromatic carbocycles. The maximum atomic E-state index is 12.6. The minimum absolute atomic E-state index is 0.0593. The molecule has 2 rings (SSSR count). The maximum Gasteiger partial charge on any atom is 0.254 e. The van der Waals surface area contributed by atoms with Crippen LogP contribution in [0.25, 0.3) is 0 Å². The molecule has 0 radical (unpaired) electrons. The van der Waals surface area contributed by atoms with Gasteiger partial charge in [0.2, 0.25) is 5.91 Å². The van der Waals surface area contributed by atoms with Crippen LogP contribution in [-0.4, -0.2) is 54.4 Å². The van der Waals surface area contributed by atoms with Crippen LogP contribution < -0.4 is 4.74 Å². The van der Waals surface area contributed by atoms with Crippen LogP contribution in [-0.2, 0) is 4.79 Å². The van der Waals surface area contributed by atoms with Gasteiger partial charge in [-0.3, -0.25) is 9.59 Å². The van der Waals surface area contributed by atoms with Crippen molar-refractivity contribution in [3.05, 3.63) is 28.8 Å². The Hall–Kier alpha value is -1.75. The zero-order valence-corrected chi connectivity index (χ0v) is 15.3. The summed E-state index contributed by atoms with van der Waals surface area (Å²) in [5.41, 5.74) is 0.547. The van der Waals surface area contributed by atoms with Crippen LogP contribution in [0.2, 0.25) is 5.02 Å². The zero-order chi connectivity index (χ0) is 17.7. The summed E-state index contributed by atoms with van der Waals surface area (Å²) in [6.07, 6.45) is 0.558. The summed E-state index contributed by atoms with van der Waals surface area (Å²) in [6, 6.07) is 5.10. The molecule has 1 fully saturated rings. The number of hydrogen-bond acceptors (Lipinski definition) is 3. The lowest BCUT2D eigenvalue weighted by Gasteiger charge is -2.35. The molecule has 0 aromatic heterocycles. The molecule has 0 saturated carbocycles. The van der Waals surface area contributed by atoms with Crippen LogP contribution in [0.1, 0.15) is 37.6 Å². The Morgan fingerprint density at radius 2 is 1.79 bits per heavy atom. The average molecular weight is 353 g/mol. The SMILES string of the molecule is CCOc1ccc(C(=O)N2CCN(C(=O)CC(C)C)CC2)cc1Cl. The standard InChI is InChI=1S/C18H25ClN2O3/c1-4-24-16-6-5-14(12-15(16)19)18(23)21-9-7-20(8-10-21)17(22)11-13(2)3/h5-6,12-13H,4,7-11H2,1-3H3. The largest absolute Gasteiger partial charge is 0.492 e. The number of ether oxygens (including phenoxy) is 1. The second kappa shape index (κ2) is 8.38. The number of piperazine rings is 1. The van der Waals surface area contributed by atoms with Gasteiger partial charge >= 0.3 is 0 Å². The van der Waals surface area contributed by atoms with E-state index >= 15 is 0 Å².